The zero-order chi connectivity index (χ0) is 13.7. The van der Waals surface area contributed by atoms with Crippen LogP contribution in [0.5, 0.6) is 11.5 Å². The maximum atomic E-state index is 5.52. The summed E-state index contributed by atoms with van der Waals surface area (Å²) < 4.78 is 10.9. The SMILES string of the molecule is Br.CCCCNC1CCc2c(ccc(OC)c2OC)C1. The van der Waals surface area contributed by atoms with Gasteiger partial charge in [-0.2, -0.15) is 0 Å². The zero-order valence-corrected chi connectivity index (χ0v) is 14.4. The summed E-state index contributed by atoms with van der Waals surface area (Å²) in [5, 5.41) is 3.66. The van der Waals surface area contributed by atoms with E-state index in [-0.39, 0.29) is 17.0 Å². The van der Waals surface area contributed by atoms with Gasteiger partial charge in [-0.05, 0) is 43.9 Å². The fourth-order valence-electron chi connectivity index (χ4n) is 2.84. The molecule has 0 fully saturated rings. The Morgan fingerprint density at radius 1 is 1.25 bits per heavy atom. The second-order valence-corrected chi connectivity index (χ2v) is 5.19. The molecule has 0 aliphatic heterocycles. The average molecular weight is 344 g/mol. The maximum Gasteiger partial charge on any atom is 0.164 e. The molecule has 3 nitrogen and oxygen atoms in total. The molecule has 1 N–H and O–H groups in total. The lowest BCUT2D eigenvalue weighted by Gasteiger charge is -2.27. The molecule has 1 unspecified atom stereocenters. The first-order chi connectivity index (χ1) is 9.30. The van der Waals surface area contributed by atoms with Gasteiger partial charge in [-0.15, -0.1) is 17.0 Å². The van der Waals surface area contributed by atoms with Crippen molar-refractivity contribution in [2.24, 2.45) is 0 Å². The summed E-state index contributed by atoms with van der Waals surface area (Å²) in [6.45, 7) is 3.36. The normalized spacial score (nSPS) is 17.1. The van der Waals surface area contributed by atoms with Crippen molar-refractivity contribution in [1.29, 1.82) is 0 Å². The fourth-order valence-corrected chi connectivity index (χ4v) is 2.84. The van der Waals surface area contributed by atoms with Gasteiger partial charge in [-0.3, -0.25) is 0 Å². The smallest absolute Gasteiger partial charge is 0.164 e. The number of halogens is 1. The third-order valence-electron chi connectivity index (χ3n) is 3.92. The summed E-state index contributed by atoms with van der Waals surface area (Å²) in [6.07, 6.45) is 5.86. The van der Waals surface area contributed by atoms with Crippen molar-refractivity contribution in [1.82, 2.24) is 5.32 Å². The van der Waals surface area contributed by atoms with E-state index in [1.54, 1.807) is 14.2 Å². The van der Waals surface area contributed by atoms with Gasteiger partial charge < -0.3 is 14.8 Å². The highest BCUT2D eigenvalue weighted by molar-refractivity contribution is 8.93. The minimum Gasteiger partial charge on any atom is -0.493 e. The highest BCUT2D eigenvalue weighted by atomic mass is 79.9. The number of ether oxygens (including phenoxy) is 2. The lowest BCUT2D eigenvalue weighted by Crippen LogP contribution is -2.35. The molecule has 20 heavy (non-hydrogen) atoms. The Hall–Kier alpha value is -0.740. The van der Waals surface area contributed by atoms with Gasteiger partial charge in [0.2, 0.25) is 0 Å². The number of rotatable bonds is 6. The van der Waals surface area contributed by atoms with E-state index >= 15 is 0 Å². The Bertz CT molecular complexity index is 423. The van der Waals surface area contributed by atoms with Crippen LogP contribution in [0, 0.1) is 0 Å². The Morgan fingerprint density at radius 3 is 2.70 bits per heavy atom. The topological polar surface area (TPSA) is 30.5 Å². The molecule has 0 amide bonds. The minimum absolute atomic E-state index is 0. The van der Waals surface area contributed by atoms with Gasteiger partial charge in [-0.1, -0.05) is 19.4 Å². The summed E-state index contributed by atoms with van der Waals surface area (Å²) in [5.41, 5.74) is 2.73. The lowest BCUT2D eigenvalue weighted by molar-refractivity contribution is 0.346. The number of hydrogen-bond acceptors (Lipinski definition) is 3. The molecule has 4 heteroatoms. The van der Waals surface area contributed by atoms with Crippen LogP contribution in [0.15, 0.2) is 12.1 Å². The second kappa shape index (κ2) is 8.53. The van der Waals surface area contributed by atoms with E-state index in [4.69, 9.17) is 9.47 Å². The number of hydrogen-bond donors (Lipinski definition) is 1. The summed E-state index contributed by atoms with van der Waals surface area (Å²) in [6, 6.07) is 4.81. The van der Waals surface area contributed by atoms with Crippen LogP contribution in [0.1, 0.15) is 37.3 Å². The number of nitrogens with one attached hydrogen (secondary N) is 1. The predicted octanol–water partition coefficient (Wildman–Crippen LogP) is 3.53. The van der Waals surface area contributed by atoms with Crippen LogP contribution >= 0.6 is 17.0 Å². The zero-order valence-electron chi connectivity index (χ0n) is 12.7. The molecular weight excluding hydrogens is 318 g/mol. The van der Waals surface area contributed by atoms with Crippen molar-refractivity contribution in [2.45, 2.75) is 45.1 Å². The Kier molecular flexibility index (Phi) is 7.38. The predicted molar refractivity (Wildman–Crippen MR) is 88.6 cm³/mol. The molecule has 0 aromatic heterocycles. The van der Waals surface area contributed by atoms with E-state index in [1.165, 1.54) is 30.4 Å². The fraction of sp³-hybridized carbons (Fsp3) is 0.625. The van der Waals surface area contributed by atoms with E-state index in [9.17, 15) is 0 Å². The summed E-state index contributed by atoms with van der Waals surface area (Å²) in [7, 11) is 3.42. The molecule has 1 atom stereocenters. The van der Waals surface area contributed by atoms with Crippen molar-refractivity contribution >= 4 is 17.0 Å². The summed E-state index contributed by atoms with van der Waals surface area (Å²) >= 11 is 0. The van der Waals surface area contributed by atoms with Crippen LogP contribution in [0.4, 0.5) is 0 Å². The van der Waals surface area contributed by atoms with Crippen molar-refractivity contribution < 1.29 is 9.47 Å². The molecule has 1 aliphatic carbocycles. The summed E-state index contributed by atoms with van der Waals surface area (Å²) in [5.74, 6) is 1.77. The molecule has 1 aromatic rings. The quantitative estimate of drug-likeness (QED) is 0.801. The van der Waals surface area contributed by atoms with Gasteiger partial charge in [0.05, 0.1) is 14.2 Å². The van der Waals surface area contributed by atoms with E-state index in [2.05, 4.69) is 18.3 Å². The molecule has 0 radical (unpaired) electrons. The Balaban J connectivity index is 0.00000200. The van der Waals surface area contributed by atoms with E-state index in [1.807, 2.05) is 6.07 Å². The van der Waals surface area contributed by atoms with Gasteiger partial charge in [0.25, 0.3) is 0 Å². The second-order valence-electron chi connectivity index (χ2n) is 5.19. The van der Waals surface area contributed by atoms with Crippen LogP contribution in [-0.2, 0) is 12.8 Å². The monoisotopic (exact) mass is 343 g/mol. The molecule has 1 aliphatic rings. The van der Waals surface area contributed by atoms with Gasteiger partial charge in [0.1, 0.15) is 0 Å². The first-order valence-corrected chi connectivity index (χ1v) is 7.26. The average Bonchev–Trinajstić information content (AvgIpc) is 2.46. The first kappa shape index (κ1) is 17.3. The van der Waals surface area contributed by atoms with Crippen molar-refractivity contribution in [3.05, 3.63) is 23.3 Å². The first-order valence-electron chi connectivity index (χ1n) is 7.26. The molecule has 0 saturated heterocycles. The largest absolute Gasteiger partial charge is 0.493 e. The molecule has 114 valence electrons. The van der Waals surface area contributed by atoms with Gasteiger partial charge in [0, 0.05) is 11.6 Å². The van der Waals surface area contributed by atoms with Crippen LogP contribution in [-0.4, -0.2) is 26.8 Å². The van der Waals surface area contributed by atoms with Gasteiger partial charge in [-0.25, -0.2) is 0 Å². The third-order valence-corrected chi connectivity index (χ3v) is 3.92. The Labute approximate surface area is 132 Å². The molecule has 1 aromatic carbocycles. The molecule has 0 saturated carbocycles. The third kappa shape index (κ3) is 3.89. The van der Waals surface area contributed by atoms with Crippen LogP contribution < -0.4 is 14.8 Å². The van der Waals surface area contributed by atoms with Crippen LogP contribution in [0.25, 0.3) is 0 Å². The summed E-state index contributed by atoms with van der Waals surface area (Å²) in [4.78, 5) is 0. The molecule has 0 heterocycles. The lowest BCUT2D eigenvalue weighted by atomic mass is 9.87. The number of unbranched alkanes of at least 4 members (excludes halogenated alkanes) is 1. The highest BCUT2D eigenvalue weighted by Crippen LogP contribution is 2.37. The highest BCUT2D eigenvalue weighted by Gasteiger charge is 2.22. The molecule has 0 spiro atoms. The van der Waals surface area contributed by atoms with E-state index in [0.717, 1.165) is 30.9 Å². The van der Waals surface area contributed by atoms with Crippen LogP contribution in [0.2, 0.25) is 0 Å². The minimum atomic E-state index is 0. The van der Waals surface area contributed by atoms with Crippen molar-refractivity contribution in [2.75, 3.05) is 20.8 Å². The molecule has 0 bridgehead atoms. The maximum absolute atomic E-state index is 5.52. The van der Waals surface area contributed by atoms with E-state index in [0.29, 0.717) is 6.04 Å². The Morgan fingerprint density at radius 2 is 2.05 bits per heavy atom. The number of benzene rings is 1. The van der Waals surface area contributed by atoms with Gasteiger partial charge in [0.15, 0.2) is 11.5 Å². The molecular formula is C16H26BrNO2. The van der Waals surface area contributed by atoms with Crippen molar-refractivity contribution in [3.8, 4) is 11.5 Å². The van der Waals surface area contributed by atoms with E-state index < -0.39 is 0 Å². The number of fused-ring (bicyclic) bond motifs is 1. The number of methoxy groups -OCH3 is 2. The van der Waals surface area contributed by atoms with Crippen LogP contribution in [0.3, 0.4) is 0 Å². The standard InChI is InChI=1S/C16H25NO2.BrH/c1-4-5-10-17-13-7-8-14-12(11-13)6-9-15(18-2)16(14)19-3;/h6,9,13,17H,4-5,7-8,10-11H2,1-3H3;1H. The van der Waals surface area contributed by atoms with Gasteiger partial charge >= 0.3 is 0 Å². The van der Waals surface area contributed by atoms with Crippen molar-refractivity contribution in [3.63, 3.8) is 0 Å². The molecule has 2 rings (SSSR count).